The number of benzene rings is 1. The van der Waals surface area contributed by atoms with E-state index in [2.05, 4.69) is 52.1 Å². The molecule has 0 saturated carbocycles. The van der Waals surface area contributed by atoms with Crippen molar-refractivity contribution in [3.05, 3.63) is 46.1 Å². The zero-order valence-corrected chi connectivity index (χ0v) is 12.5. The SMILES string of the molecule is Cc1cc2c(N3CCc4ccccc43)nc(Cl)nc2s1. The van der Waals surface area contributed by atoms with Crippen molar-refractivity contribution in [2.45, 2.75) is 13.3 Å². The molecule has 3 aromatic rings. The molecule has 3 heterocycles. The second-order valence-electron chi connectivity index (χ2n) is 4.92. The van der Waals surface area contributed by atoms with Crippen LogP contribution in [0.1, 0.15) is 10.4 Å². The molecule has 0 fully saturated rings. The van der Waals surface area contributed by atoms with Gasteiger partial charge in [0.05, 0.1) is 5.39 Å². The largest absolute Gasteiger partial charge is 0.325 e. The van der Waals surface area contributed by atoms with Gasteiger partial charge >= 0.3 is 0 Å². The molecular weight excluding hydrogens is 290 g/mol. The van der Waals surface area contributed by atoms with Crippen molar-refractivity contribution in [3.63, 3.8) is 0 Å². The van der Waals surface area contributed by atoms with Gasteiger partial charge in [-0.25, -0.2) is 4.98 Å². The first-order valence-electron chi connectivity index (χ1n) is 6.51. The third-order valence-corrected chi connectivity index (χ3v) is 4.72. The maximum absolute atomic E-state index is 6.10. The van der Waals surface area contributed by atoms with Crippen LogP contribution in [0, 0.1) is 6.92 Å². The molecule has 0 N–H and O–H groups in total. The zero-order chi connectivity index (χ0) is 13.7. The van der Waals surface area contributed by atoms with Crippen molar-refractivity contribution < 1.29 is 0 Å². The standard InChI is InChI=1S/C15H12ClN3S/c1-9-8-11-13(17-15(16)18-14(11)20-9)19-7-6-10-4-2-3-5-12(10)19/h2-5,8H,6-7H2,1H3. The number of hydrogen-bond acceptors (Lipinski definition) is 4. The number of fused-ring (bicyclic) bond motifs is 2. The topological polar surface area (TPSA) is 29.0 Å². The molecule has 3 nitrogen and oxygen atoms in total. The Labute approximate surface area is 125 Å². The Morgan fingerprint density at radius 2 is 2.10 bits per heavy atom. The number of aromatic nitrogens is 2. The van der Waals surface area contributed by atoms with Crippen LogP contribution < -0.4 is 4.90 Å². The fourth-order valence-corrected chi connectivity index (χ4v) is 3.85. The molecule has 0 bridgehead atoms. The summed E-state index contributed by atoms with van der Waals surface area (Å²) in [5, 5.41) is 1.41. The highest BCUT2D eigenvalue weighted by molar-refractivity contribution is 7.18. The normalized spacial score (nSPS) is 14.0. The Kier molecular flexibility index (Phi) is 2.69. The van der Waals surface area contributed by atoms with Crippen LogP contribution in [-0.2, 0) is 6.42 Å². The summed E-state index contributed by atoms with van der Waals surface area (Å²) in [5.41, 5.74) is 2.59. The molecule has 0 saturated heterocycles. The van der Waals surface area contributed by atoms with Crippen molar-refractivity contribution in [3.8, 4) is 0 Å². The van der Waals surface area contributed by atoms with E-state index in [-0.39, 0.29) is 0 Å². The van der Waals surface area contributed by atoms with Crippen LogP contribution in [0.3, 0.4) is 0 Å². The van der Waals surface area contributed by atoms with Crippen molar-refractivity contribution in [1.29, 1.82) is 0 Å². The van der Waals surface area contributed by atoms with Gasteiger partial charge in [0.1, 0.15) is 10.6 Å². The van der Waals surface area contributed by atoms with Gasteiger partial charge in [0.25, 0.3) is 0 Å². The van der Waals surface area contributed by atoms with E-state index >= 15 is 0 Å². The first-order valence-corrected chi connectivity index (χ1v) is 7.71. The Bertz CT molecular complexity index is 812. The van der Waals surface area contributed by atoms with Crippen LogP contribution in [0.5, 0.6) is 0 Å². The smallest absolute Gasteiger partial charge is 0.225 e. The van der Waals surface area contributed by atoms with E-state index in [1.54, 1.807) is 11.3 Å². The molecule has 0 amide bonds. The van der Waals surface area contributed by atoms with E-state index in [4.69, 9.17) is 11.6 Å². The van der Waals surface area contributed by atoms with Gasteiger partial charge in [0, 0.05) is 17.1 Å². The first-order chi connectivity index (χ1) is 9.72. The summed E-state index contributed by atoms with van der Waals surface area (Å²) in [4.78, 5) is 13.2. The monoisotopic (exact) mass is 301 g/mol. The average Bonchev–Trinajstić information content (AvgIpc) is 3.00. The highest BCUT2D eigenvalue weighted by Gasteiger charge is 2.23. The minimum absolute atomic E-state index is 0.318. The summed E-state index contributed by atoms with van der Waals surface area (Å²) in [5.74, 6) is 0.925. The maximum Gasteiger partial charge on any atom is 0.225 e. The summed E-state index contributed by atoms with van der Waals surface area (Å²) < 4.78 is 0. The summed E-state index contributed by atoms with van der Waals surface area (Å²) in [6, 6.07) is 10.6. The van der Waals surface area contributed by atoms with E-state index in [1.165, 1.54) is 16.1 Å². The number of nitrogens with zero attached hydrogens (tertiary/aromatic N) is 3. The Hall–Kier alpha value is -1.65. The predicted molar refractivity (Wildman–Crippen MR) is 84.3 cm³/mol. The van der Waals surface area contributed by atoms with Crippen molar-refractivity contribution in [2.24, 2.45) is 0 Å². The molecule has 1 aliphatic rings. The van der Waals surface area contributed by atoms with Crippen LogP contribution in [0.2, 0.25) is 5.28 Å². The molecule has 0 aliphatic carbocycles. The second kappa shape index (κ2) is 4.43. The number of rotatable bonds is 1. The Morgan fingerprint density at radius 1 is 1.25 bits per heavy atom. The van der Waals surface area contributed by atoms with Gasteiger partial charge in [-0.2, -0.15) is 4.98 Å². The molecule has 2 aromatic heterocycles. The molecule has 5 heteroatoms. The number of hydrogen-bond donors (Lipinski definition) is 0. The van der Waals surface area contributed by atoms with Crippen LogP contribution >= 0.6 is 22.9 Å². The lowest BCUT2D eigenvalue weighted by Crippen LogP contribution is -2.15. The van der Waals surface area contributed by atoms with Crippen molar-refractivity contribution in [1.82, 2.24) is 9.97 Å². The third-order valence-electron chi connectivity index (χ3n) is 3.61. The molecule has 0 atom stereocenters. The van der Waals surface area contributed by atoms with Crippen molar-refractivity contribution >= 4 is 44.7 Å². The first kappa shape index (κ1) is 12.1. The van der Waals surface area contributed by atoms with Crippen molar-refractivity contribution in [2.75, 3.05) is 11.4 Å². The number of halogens is 1. The third kappa shape index (κ3) is 1.79. The van der Waals surface area contributed by atoms with E-state index in [1.807, 2.05) is 0 Å². The highest BCUT2D eigenvalue weighted by atomic mass is 35.5. The van der Waals surface area contributed by atoms with E-state index in [0.29, 0.717) is 5.28 Å². The Morgan fingerprint density at radius 3 is 3.00 bits per heavy atom. The summed E-state index contributed by atoms with van der Waals surface area (Å²) in [7, 11) is 0. The summed E-state index contributed by atoms with van der Waals surface area (Å²) in [6.07, 6.45) is 1.04. The molecular formula is C15H12ClN3S. The van der Waals surface area contributed by atoms with E-state index in [0.717, 1.165) is 29.0 Å². The van der Waals surface area contributed by atoms with Gasteiger partial charge in [-0.05, 0) is 42.6 Å². The lowest BCUT2D eigenvalue weighted by Gasteiger charge is -2.19. The number of aryl methyl sites for hydroxylation is 1. The summed E-state index contributed by atoms with van der Waals surface area (Å²) in [6.45, 7) is 3.03. The minimum atomic E-state index is 0.318. The fraction of sp³-hybridized carbons (Fsp3) is 0.200. The molecule has 100 valence electrons. The minimum Gasteiger partial charge on any atom is -0.325 e. The summed E-state index contributed by atoms with van der Waals surface area (Å²) >= 11 is 7.75. The molecule has 1 aliphatic heterocycles. The number of thiophene rings is 1. The fourth-order valence-electron chi connectivity index (χ4n) is 2.77. The van der Waals surface area contributed by atoms with Crippen LogP contribution in [0.4, 0.5) is 11.5 Å². The maximum atomic E-state index is 6.10. The molecule has 0 spiro atoms. The number of anilines is 2. The predicted octanol–water partition coefficient (Wildman–Crippen LogP) is 4.35. The van der Waals surface area contributed by atoms with Gasteiger partial charge in [0.2, 0.25) is 5.28 Å². The van der Waals surface area contributed by atoms with Gasteiger partial charge in [-0.15, -0.1) is 11.3 Å². The number of para-hydroxylation sites is 1. The zero-order valence-electron chi connectivity index (χ0n) is 10.9. The molecule has 0 radical (unpaired) electrons. The molecule has 20 heavy (non-hydrogen) atoms. The Balaban J connectivity index is 1.95. The average molecular weight is 302 g/mol. The van der Waals surface area contributed by atoms with Gasteiger partial charge in [-0.3, -0.25) is 0 Å². The molecule has 4 rings (SSSR count). The van der Waals surface area contributed by atoms with Crippen LogP contribution in [0.25, 0.3) is 10.2 Å². The highest BCUT2D eigenvalue weighted by Crippen LogP contribution is 2.39. The molecule has 0 unspecified atom stereocenters. The quantitative estimate of drug-likeness (QED) is 0.626. The lowest BCUT2D eigenvalue weighted by atomic mass is 10.2. The second-order valence-corrected chi connectivity index (χ2v) is 6.50. The van der Waals surface area contributed by atoms with Crippen LogP contribution in [0.15, 0.2) is 30.3 Å². The van der Waals surface area contributed by atoms with Gasteiger partial charge < -0.3 is 4.90 Å². The van der Waals surface area contributed by atoms with Gasteiger partial charge in [0.15, 0.2) is 0 Å². The van der Waals surface area contributed by atoms with Crippen LogP contribution in [-0.4, -0.2) is 16.5 Å². The molecule has 1 aromatic carbocycles. The lowest BCUT2D eigenvalue weighted by molar-refractivity contribution is 0.976. The van der Waals surface area contributed by atoms with E-state index < -0.39 is 0 Å². The van der Waals surface area contributed by atoms with E-state index in [9.17, 15) is 0 Å². The van der Waals surface area contributed by atoms with Gasteiger partial charge in [-0.1, -0.05) is 18.2 Å².